The van der Waals surface area contributed by atoms with Gasteiger partial charge in [-0.25, -0.2) is 4.98 Å². The van der Waals surface area contributed by atoms with Crippen LogP contribution >= 0.6 is 0 Å². The lowest BCUT2D eigenvalue weighted by Crippen LogP contribution is -1.98. The fourth-order valence-corrected chi connectivity index (χ4v) is 1.82. The molecule has 4 heteroatoms. The fourth-order valence-electron chi connectivity index (χ4n) is 1.82. The maximum absolute atomic E-state index is 5.25. The second-order valence-corrected chi connectivity index (χ2v) is 4.15. The van der Waals surface area contributed by atoms with E-state index in [2.05, 4.69) is 15.3 Å². The van der Waals surface area contributed by atoms with Crippen molar-refractivity contribution < 1.29 is 4.42 Å². The van der Waals surface area contributed by atoms with Gasteiger partial charge in [0.25, 0.3) is 0 Å². The highest BCUT2D eigenvalue weighted by Gasteiger charge is 2.00. The molecule has 0 aliphatic rings. The zero-order chi connectivity index (χ0) is 12.9. The molecule has 1 aromatic carbocycles. The summed E-state index contributed by atoms with van der Waals surface area (Å²) in [5.74, 6) is 0.778. The normalized spacial score (nSPS) is 10.3. The smallest absolute Gasteiger partial charge is 0.181 e. The Morgan fingerprint density at radius 3 is 2.42 bits per heavy atom. The molecule has 3 aromatic rings. The Balaban J connectivity index is 1.67. The molecule has 0 saturated heterocycles. The maximum atomic E-state index is 5.25. The first-order chi connectivity index (χ1) is 9.42. The molecule has 0 amide bonds. The number of nitrogens with one attached hydrogen (secondary N) is 1. The van der Waals surface area contributed by atoms with Crippen molar-refractivity contribution in [2.75, 3.05) is 5.32 Å². The Morgan fingerprint density at radius 1 is 0.947 bits per heavy atom. The first-order valence-electron chi connectivity index (χ1n) is 6.03. The highest BCUT2D eigenvalue weighted by Crippen LogP contribution is 2.20. The first-order valence-corrected chi connectivity index (χ1v) is 6.03. The summed E-state index contributed by atoms with van der Waals surface area (Å²) in [4.78, 5) is 7.91. The number of hydrogen-bond donors (Lipinski definition) is 1. The zero-order valence-electron chi connectivity index (χ0n) is 10.3. The molecule has 3 rings (SSSR count). The highest BCUT2D eigenvalue weighted by atomic mass is 16.3. The van der Waals surface area contributed by atoms with Gasteiger partial charge in [-0.15, -0.1) is 0 Å². The Bertz CT molecular complexity index is 618. The van der Waals surface area contributed by atoms with Crippen molar-refractivity contribution in [2.45, 2.75) is 6.54 Å². The van der Waals surface area contributed by atoms with Gasteiger partial charge in [0, 0.05) is 30.2 Å². The lowest BCUT2D eigenvalue weighted by atomic mass is 10.1. The number of pyridine rings is 1. The van der Waals surface area contributed by atoms with Crippen LogP contribution in [0.15, 0.2) is 65.8 Å². The van der Waals surface area contributed by atoms with Gasteiger partial charge in [0.2, 0.25) is 0 Å². The Kier molecular flexibility index (Phi) is 3.23. The summed E-state index contributed by atoms with van der Waals surface area (Å²) in [5.41, 5.74) is 3.29. The third kappa shape index (κ3) is 2.80. The molecule has 0 bridgehead atoms. The average Bonchev–Trinajstić information content (AvgIpc) is 3.01. The number of anilines is 1. The number of aromatic nitrogens is 2. The van der Waals surface area contributed by atoms with Crippen LogP contribution < -0.4 is 5.32 Å². The predicted molar refractivity (Wildman–Crippen MR) is 73.5 cm³/mol. The van der Waals surface area contributed by atoms with Crippen molar-refractivity contribution >= 4 is 5.69 Å². The quantitative estimate of drug-likeness (QED) is 0.772. The molecule has 4 nitrogen and oxygen atoms in total. The van der Waals surface area contributed by atoms with Gasteiger partial charge in [-0.1, -0.05) is 0 Å². The van der Waals surface area contributed by atoms with Gasteiger partial charge in [-0.05, 0) is 42.0 Å². The number of benzene rings is 1. The Morgan fingerprint density at radius 2 is 1.74 bits per heavy atom. The summed E-state index contributed by atoms with van der Waals surface area (Å²) >= 11 is 0. The minimum absolute atomic E-state index is 0.778. The highest BCUT2D eigenvalue weighted by molar-refractivity contribution is 5.60. The van der Waals surface area contributed by atoms with Gasteiger partial charge in [-0.2, -0.15) is 0 Å². The van der Waals surface area contributed by atoms with Gasteiger partial charge < -0.3 is 9.73 Å². The minimum Gasteiger partial charge on any atom is -0.444 e. The van der Waals surface area contributed by atoms with Crippen molar-refractivity contribution in [1.82, 2.24) is 9.97 Å². The third-order valence-electron chi connectivity index (χ3n) is 2.85. The SMILES string of the molecule is c1cc(CNc2ccc(-c3cnco3)cc2)ccn1. The van der Waals surface area contributed by atoms with Crippen molar-refractivity contribution in [3.8, 4) is 11.3 Å². The van der Waals surface area contributed by atoms with Crippen LogP contribution in [0.25, 0.3) is 11.3 Å². The fraction of sp³-hybridized carbons (Fsp3) is 0.0667. The van der Waals surface area contributed by atoms with E-state index in [0.717, 1.165) is 23.6 Å². The van der Waals surface area contributed by atoms with Crippen molar-refractivity contribution in [3.63, 3.8) is 0 Å². The van der Waals surface area contributed by atoms with E-state index in [1.807, 2.05) is 36.4 Å². The maximum Gasteiger partial charge on any atom is 0.181 e. The molecule has 0 radical (unpaired) electrons. The number of nitrogens with zero attached hydrogens (tertiary/aromatic N) is 2. The van der Waals surface area contributed by atoms with Crippen LogP contribution in [0, 0.1) is 0 Å². The first kappa shape index (κ1) is 11.5. The Hall–Kier alpha value is -2.62. The topological polar surface area (TPSA) is 51.0 Å². The van der Waals surface area contributed by atoms with E-state index < -0.39 is 0 Å². The van der Waals surface area contributed by atoms with E-state index >= 15 is 0 Å². The average molecular weight is 251 g/mol. The predicted octanol–water partition coefficient (Wildman–Crippen LogP) is 3.35. The van der Waals surface area contributed by atoms with E-state index in [-0.39, 0.29) is 0 Å². The van der Waals surface area contributed by atoms with E-state index in [1.54, 1.807) is 18.6 Å². The van der Waals surface area contributed by atoms with Crippen LogP contribution in [0.5, 0.6) is 0 Å². The zero-order valence-corrected chi connectivity index (χ0v) is 10.3. The second-order valence-electron chi connectivity index (χ2n) is 4.15. The van der Waals surface area contributed by atoms with Gasteiger partial charge in [0.15, 0.2) is 12.2 Å². The lowest BCUT2D eigenvalue weighted by Gasteiger charge is -2.06. The lowest BCUT2D eigenvalue weighted by molar-refractivity contribution is 0.572. The molecule has 0 spiro atoms. The molecule has 0 aliphatic heterocycles. The summed E-state index contributed by atoms with van der Waals surface area (Å²) in [5, 5.41) is 3.36. The molecule has 0 unspecified atom stereocenters. The summed E-state index contributed by atoms with van der Waals surface area (Å²) < 4.78 is 5.25. The van der Waals surface area contributed by atoms with Gasteiger partial charge in [0.05, 0.1) is 6.20 Å². The van der Waals surface area contributed by atoms with Crippen LogP contribution in [0.2, 0.25) is 0 Å². The number of hydrogen-bond acceptors (Lipinski definition) is 4. The molecule has 94 valence electrons. The molecule has 0 fully saturated rings. The van der Waals surface area contributed by atoms with Crippen LogP contribution in [-0.4, -0.2) is 9.97 Å². The summed E-state index contributed by atoms with van der Waals surface area (Å²) in [6.45, 7) is 0.782. The van der Waals surface area contributed by atoms with E-state index in [1.165, 1.54) is 12.0 Å². The monoisotopic (exact) mass is 251 g/mol. The molecule has 19 heavy (non-hydrogen) atoms. The van der Waals surface area contributed by atoms with Crippen molar-refractivity contribution in [1.29, 1.82) is 0 Å². The van der Waals surface area contributed by atoms with Gasteiger partial charge in [0.1, 0.15) is 0 Å². The van der Waals surface area contributed by atoms with Crippen LogP contribution in [-0.2, 0) is 6.54 Å². The molecular formula is C15H13N3O. The molecule has 2 aromatic heterocycles. The van der Waals surface area contributed by atoms with E-state index in [9.17, 15) is 0 Å². The molecule has 1 N–H and O–H groups in total. The van der Waals surface area contributed by atoms with Crippen LogP contribution in [0.1, 0.15) is 5.56 Å². The minimum atomic E-state index is 0.778. The third-order valence-corrected chi connectivity index (χ3v) is 2.85. The summed E-state index contributed by atoms with van der Waals surface area (Å²) in [6.07, 6.45) is 6.73. The van der Waals surface area contributed by atoms with Crippen LogP contribution in [0.3, 0.4) is 0 Å². The largest absolute Gasteiger partial charge is 0.444 e. The second kappa shape index (κ2) is 5.35. The van der Waals surface area contributed by atoms with Gasteiger partial charge >= 0.3 is 0 Å². The molecule has 0 saturated carbocycles. The summed E-state index contributed by atoms with van der Waals surface area (Å²) in [6, 6.07) is 12.1. The number of rotatable bonds is 4. The molecule has 2 heterocycles. The summed E-state index contributed by atoms with van der Waals surface area (Å²) in [7, 11) is 0. The molecule has 0 aliphatic carbocycles. The van der Waals surface area contributed by atoms with Gasteiger partial charge in [-0.3, -0.25) is 4.98 Å². The molecular weight excluding hydrogens is 238 g/mol. The van der Waals surface area contributed by atoms with Crippen molar-refractivity contribution in [3.05, 3.63) is 66.9 Å². The van der Waals surface area contributed by atoms with Crippen LogP contribution in [0.4, 0.5) is 5.69 Å². The van der Waals surface area contributed by atoms with E-state index in [0.29, 0.717) is 0 Å². The number of oxazole rings is 1. The van der Waals surface area contributed by atoms with E-state index in [4.69, 9.17) is 4.42 Å². The Labute approximate surface area is 111 Å². The van der Waals surface area contributed by atoms with Crippen molar-refractivity contribution in [2.24, 2.45) is 0 Å². The molecule has 0 atom stereocenters. The standard InChI is InChI=1S/C15H13N3O/c1-3-14(18-9-12-5-7-16-8-6-12)4-2-13(1)15-10-17-11-19-15/h1-8,10-11,18H,9H2.